The van der Waals surface area contributed by atoms with E-state index < -0.39 is 0 Å². The van der Waals surface area contributed by atoms with Crippen LogP contribution in [-0.2, 0) is 5.41 Å². The molecule has 3 heterocycles. The van der Waals surface area contributed by atoms with Gasteiger partial charge >= 0.3 is 0 Å². The van der Waals surface area contributed by atoms with Crippen LogP contribution in [0.4, 0.5) is 17.2 Å². The molecule has 2 aromatic rings. The molecule has 0 N–H and O–H groups in total. The maximum atomic E-state index is 4.58. The highest BCUT2D eigenvalue weighted by Crippen LogP contribution is 2.62. The molecule has 1 aromatic carbocycles. The van der Waals surface area contributed by atoms with Crippen LogP contribution < -0.4 is 9.80 Å². The highest BCUT2D eigenvalue weighted by Gasteiger charge is 2.59. The third-order valence-electron chi connectivity index (χ3n) is 6.91. The normalized spacial score (nSPS) is 30.8. The minimum atomic E-state index is 0.103. The van der Waals surface area contributed by atoms with E-state index in [1.165, 1.54) is 11.3 Å². The van der Waals surface area contributed by atoms with Gasteiger partial charge in [-0.2, -0.15) is 0 Å². The van der Waals surface area contributed by atoms with Gasteiger partial charge in [-0.05, 0) is 24.5 Å². The molecule has 0 bridgehead atoms. The first-order chi connectivity index (χ1) is 11.5. The number of hydrogen-bond donors (Lipinski definition) is 0. The van der Waals surface area contributed by atoms with Crippen LogP contribution in [0.3, 0.4) is 0 Å². The molecule has 0 fully saturated rings. The van der Waals surface area contributed by atoms with Crippen molar-refractivity contribution in [2.24, 2.45) is 5.41 Å². The molecule has 0 saturated carbocycles. The molecule has 0 aliphatic carbocycles. The van der Waals surface area contributed by atoms with Crippen molar-refractivity contribution in [3.8, 4) is 0 Å². The molecule has 4 heteroatoms. The lowest BCUT2D eigenvalue weighted by molar-refractivity contribution is 0.0943. The molecule has 0 saturated heterocycles. The van der Waals surface area contributed by atoms with E-state index in [1.54, 1.807) is 6.33 Å². The Kier molecular flexibility index (Phi) is 3.18. The van der Waals surface area contributed by atoms with Crippen LogP contribution >= 0.6 is 0 Å². The Morgan fingerprint density at radius 1 is 1.08 bits per heavy atom. The molecule has 0 radical (unpaired) electrons. The molecule has 24 heavy (non-hydrogen) atoms. The minimum Gasteiger partial charge on any atom is -0.337 e. The number of anilines is 3. The molecule has 1 aromatic heterocycles. The summed E-state index contributed by atoms with van der Waals surface area (Å²) in [5, 5.41) is 0. The topological polar surface area (TPSA) is 32.3 Å². The summed E-state index contributed by atoms with van der Waals surface area (Å²) in [6.45, 7) is 9.53. The Hall–Kier alpha value is -2.10. The first-order valence-electron chi connectivity index (χ1n) is 8.91. The fraction of sp³-hybridized carbons (Fsp3) is 0.500. The van der Waals surface area contributed by atoms with Crippen LogP contribution in [0.2, 0.25) is 0 Å². The highest BCUT2D eigenvalue weighted by atomic mass is 15.5. The first-order valence-corrected chi connectivity index (χ1v) is 8.91. The molecule has 3 atom stereocenters. The summed E-state index contributed by atoms with van der Waals surface area (Å²) in [6, 6.07) is 8.87. The standard InChI is InChI=1S/C20H26N4/c1-6-19(3)14-10-8-9-11-15(14)24-16-12-21-13-22-17(16)23(5)18(24)20(19,4)7-2/h8-13,18H,6-7H2,1-5H3. The zero-order valence-electron chi connectivity index (χ0n) is 15.2. The quantitative estimate of drug-likeness (QED) is 0.815. The Morgan fingerprint density at radius 2 is 1.83 bits per heavy atom. The van der Waals surface area contributed by atoms with Gasteiger partial charge < -0.3 is 9.80 Å². The predicted molar refractivity (Wildman–Crippen MR) is 98.8 cm³/mol. The number of hydrogen-bond acceptors (Lipinski definition) is 4. The van der Waals surface area contributed by atoms with Gasteiger partial charge in [-0.25, -0.2) is 9.97 Å². The third kappa shape index (κ3) is 1.59. The molecule has 3 unspecified atom stereocenters. The summed E-state index contributed by atoms with van der Waals surface area (Å²) in [4.78, 5) is 13.7. The highest BCUT2D eigenvalue weighted by molar-refractivity contribution is 5.84. The maximum Gasteiger partial charge on any atom is 0.157 e. The van der Waals surface area contributed by atoms with Crippen molar-refractivity contribution >= 4 is 17.2 Å². The Bertz CT molecular complexity index is 789. The SMILES string of the molecule is CCC1(C)c2ccccc2N2c3cncnc3N(C)C2C1(C)CC. The van der Waals surface area contributed by atoms with E-state index in [-0.39, 0.29) is 17.0 Å². The summed E-state index contributed by atoms with van der Waals surface area (Å²) in [5.41, 5.74) is 4.08. The second-order valence-corrected chi connectivity index (χ2v) is 7.56. The average Bonchev–Trinajstić information content (AvgIpc) is 2.93. The lowest BCUT2D eigenvalue weighted by Crippen LogP contribution is -2.62. The second kappa shape index (κ2) is 4.95. The van der Waals surface area contributed by atoms with Crippen LogP contribution in [0.15, 0.2) is 36.8 Å². The predicted octanol–water partition coefficient (Wildman–Crippen LogP) is 4.49. The molecule has 4 rings (SSSR count). The van der Waals surface area contributed by atoms with E-state index >= 15 is 0 Å². The number of aromatic nitrogens is 2. The van der Waals surface area contributed by atoms with Gasteiger partial charge in [-0.3, -0.25) is 0 Å². The lowest BCUT2D eigenvalue weighted by atomic mass is 9.55. The lowest BCUT2D eigenvalue weighted by Gasteiger charge is -2.58. The number of benzene rings is 1. The van der Waals surface area contributed by atoms with Crippen molar-refractivity contribution in [3.05, 3.63) is 42.4 Å². The van der Waals surface area contributed by atoms with Crippen LogP contribution in [0, 0.1) is 5.41 Å². The van der Waals surface area contributed by atoms with E-state index in [1.807, 2.05) is 6.20 Å². The summed E-state index contributed by atoms with van der Waals surface area (Å²) in [6.07, 6.45) is 6.10. The molecular weight excluding hydrogens is 296 g/mol. The zero-order valence-corrected chi connectivity index (χ0v) is 15.2. The van der Waals surface area contributed by atoms with Crippen molar-refractivity contribution < 1.29 is 0 Å². The molecular formula is C20H26N4. The van der Waals surface area contributed by atoms with E-state index in [2.05, 4.69) is 78.8 Å². The van der Waals surface area contributed by atoms with Crippen molar-refractivity contribution in [3.63, 3.8) is 0 Å². The summed E-state index contributed by atoms with van der Waals surface area (Å²) >= 11 is 0. The van der Waals surface area contributed by atoms with E-state index in [4.69, 9.17) is 0 Å². The van der Waals surface area contributed by atoms with E-state index in [9.17, 15) is 0 Å². The molecule has 0 spiro atoms. The van der Waals surface area contributed by atoms with Gasteiger partial charge in [0.25, 0.3) is 0 Å². The maximum absolute atomic E-state index is 4.58. The largest absolute Gasteiger partial charge is 0.337 e. The molecule has 0 amide bonds. The Morgan fingerprint density at radius 3 is 2.54 bits per heavy atom. The van der Waals surface area contributed by atoms with Gasteiger partial charge in [0.05, 0.1) is 6.20 Å². The zero-order chi connectivity index (χ0) is 17.1. The summed E-state index contributed by atoms with van der Waals surface area (Å²) in [5.74, 6) is 1.03. The number of nitrogens with zero attached hydrogens (tertiary/aromatic N) is 4. The number of rotatable bonds is 2. The fourth-order valence-electron chi connectivity index (χ4n) is 5.06. The van der Waals surface area contributed by atoms with Crippen LogP contribution in [0.25, 0.3) is 0 Å². The van der Waals surface area contributed by atoms with Gasteiger partial charge in [0.2, 0.25) is 0 Å². The van der Waals surface area contributed by atoms with Gasteiger partial charge in [-0.15, -0.1) is 0 Å². The third-order valence-corrected chi connectivity index (χ3v) is 6.91. The van der Waals surface area contributed by atoms with E-state index in [0.29, 0.717) is 0 Å². The Balaban J connectivity index is 2.06. The van der Waals surface area contributed by atoms with Gasteiger partial charge in [0, 0.05) is 23.6 Å². The van der Waals surface area contributed by atoms with Crippen molar-refractivity contribution in [2.45, 2.75) is 52.1 Å². The minimum absolute atomic E-state index is 0.103. The summed E-state index contributed by atoms with van der Waals surface area (Å²) < 4.78 is 0. The Labute approximate surface area is 144 Å². The second-order valence-electron chi connectivity index (χ2n) is 7.56. The first kappa shape index (κ1) is 15.4. The number of para-hydroxylation sites is 1. The average molecular weight is 322 g/mol. The summed E-state index contributed by atoms with van der Waals surface area (Å²) in [7, 11) is 2.18. The van der Waals surface area contributed by atoms with Crippen molar-refractivity contribution in [2.75, 3.05) is 16.8 Å². The monoisotopic (exact) mass is 322 g/mol. The van der Waals surface area contributed by atoms with Crippen LogP contribution in [0.1, 0.15) is 46.1 Å². The van der Waals surface area contributed by atoms with Crippen LogP contribution in [-0.4, -0.2) is 23.2 Å². The molecule has 126 valence electrons. The van der Waals surface area contributed by atoms with Crippen LogP contribution in [0.5, 0.6) is 0 Å². The molecule has 4 nitrogen and oxygen atoms in total. The molecule has 2 aliphatic rings. The fourth-order valence-corrected chi connectivity index (χ4v) is 5.06. The smallest absolute Gasteiger partial charge is 0.157 e. The number of fused-ring (bicyclic) bond motifs is 5. The molecule has 2 aliphatic heterocycles. The van der Waals surface area contributed by atoms with Crippen molar-refractivity contribution in [1.82, 2.24) is 9.97 Å². The van der Waals surface area contributed by atoms with E-state index in [0.717, 1.165) is 24.3 Å². The van der Waals surface area contributed by atoms with Gasteiger partial charge in [0.1, 0.15) is 18.2 Å². The van der Waals surface area contributed by atoms with Gasteiger partial charge in [0.15, 0.2) is 5.82 Å². The van der Waals surface area contributed by atoms with Gasteiger partial charge in [-0.1, -0.05) is 45.9 Å². The van der Waals surface area contributed by atoms with Crippen molar-refractivity contribution in [1.29, 1.82) is 0 Å².